The summed E-state index contributed by atoms with van der Waals surface area (Å²) in [5.41, 5.74) is 4.29. The molecule has 0 unspecified atom stereocenters. The molecule has 0 amide bonds. The van der Waals surface area contributed by atoms with Gasteiger partial charge in [-0.3, -0.25) is 0 Å². The first kappa shape index (κ1) is 14.5. The molecule has 0 radical (unpaired) electrons. The number of benzene rings is 3. The lowest BCUT2D eigenvalue weighted by molar-refractivity contribution is 1.18. The topological polar surface area (TPSA) is 52.5 Å². The molecule has 3 aromatic carbocycles. The number of fused-ring (bicyclic) bond motifs is 3. The number of hydrogen-bond donors (Lipinski definition) is 0. The molecule has 0 saturated heterocycles. The second kappa shape index (κ2) is 5.53. The van der Waals surface area contributed by atoms with Crippen molar-refractivity contribution < 1.29 is 0 Å². The Morgan fingerprint density at radius 1 is 0.708 bits per heavy atom. The number of nitriles is 2. The summed E-state index contributed by atoms with van der Waals surface area (Å²) in [7, 11) is 0. The van der Waals surface area contributed by atoms with Gasteiger partial charge in [0.25, 0.3) is 0 Å². The van der Waals surface area contributed by atoms with E-state index in [-0.39, 0.29) is 0 Å². The van der Waals surface area contributed by atoms with E-state index in [1.165, 1.54) is 0 Å². The fraction of sp³-hybridized carbons (Fsp3) is 0. The molecule has 4 heteroatoms. The van der Waals surface area contributed by atoms with Crippen LogP contribution in [0.4, 0.5) is 0 Å². The number of hydrogen-bond acceptors (Lipinski definition) is 2. The van der Waals surface area contributed by atoms with Crippen LogP contribution in [0.1, 0.15) is 11.1 Å². The molecule has 0 fully saturated rings. The van der Waals surface area contributed by atoms with Crippen LogP contribution in [0.3, 0.4) is 0 Å². The molecule has 0 aliphatic carbocycles. The van der Waals surface area contributed by atoms with Gasteiger partial charge in [-0.1, -0.05) is 15.9 Å². The Morgan fingerprint density at radius 2 is 1.21 bits per heavy atom. The predicted molar refractivity (Wildman–Crippen MR) is 97.9 cm³/mol. The van der Waals surface area contributed by atoms with Gasteiger partial charge in [-0.25, -0.2) is 0 Å². The van der Waals surface area contributed by atoms with Crippen LogP contribution in [0.5, 0.6) is 0 Å². The third kappa shape index (κ3) is 2.17. The summed E-state index contributed by atoms with van der Waals surface area (Å²) in [5, 5.41) is 20.4. The van der Waals surface area contributed by atoms with Crippen molar-refractivity contribution in [2.45, 2.75) is 0 Å². The van der Waals surface area contributed by atoms with Gasteiger partial charge in [-0.05, 0) is 60.7 Å². The lowest BCUT2D eigenvalue weighted by atomic mass is 10.1. The quantitative estimate of drug-likeness (QED) is 0.456. The molecule has 0 bridgehead atoms. The van der Waals surface area contributed by atoms with E-state index >= 15 is 0 Å². The van der Waals surface area contributed by atoms with E-state index in [1.807, 2.05) is 60.7 Å². The molecular weight excluding hydrogens is 362 g/mol. The molecule has 0 N–H and O–H groups in total. The lowest BCUT2D eigenvalue weighted by Crippen LogP contribution is -1.93. The van der Waals surface area contributed by atoms with Crippen LogP contribution < -0.4 is 0 Å². The van der Waals surface area contributed by atoms with Gasteiger partial charge < -0.3 is 4.57 Å². The van der Waals surface area contributed by atoms with Gasteiger partial charge in [0, 0.05) is 20.9 Å². The maximum atomic E-state index is 9.21. The zero-order valence-corrected chi connectivity index (χ0v) is 14.1. The number of aromatic nitrogens is 1. The van der Waals surface area contributed by atoms with Gasteiger partial charge in [0.1, 0.15) is 0 Å². The highest BCUT2D eigenvalue weighted by atomic mass is 79.9. The molecule has 112 valence electrons. The molecule has 0 spiro atoms. The van der Waals surface area contributed by atoms with E-state index in [2.05, 4.69) is 32.6 Å². The summed E-state index contributed by atoms with van der Waals surface area (Å²) in [6.07, 6.45) is 0. The average molecular weight is 372 g/mol. The summed E-state index contributed by atoms with van der Waals surface area (Å²) in [6, 6.07) is 23.8. The average Bonchev–Trinajstić information content (AvgIpc) is 2.95. The molecule has 4 aromatic rings. The van der Waals surface area contributed by atoms with Crippen molar-refractivity contribution in [2.75, 3.05) is 0 Å². The van der Waals surface area contributed by atoms with E-state index in [4.69, 9.17) is 0 Å². The Labute approximate surface area is 147 Å². The molecule has 1 heterocycles. The van der Waals surface area contributed by atoms with Gasteiger partial charge >= 0.3 is 0 Å². The molecule has 3 nitrogen and oxygen atoms in total. The highest BCUT2D eigenvalue weighted by Crippen LogP contribution is 2.33. The molecule has 1 aromatic heterocycles. The first-order valence-electron chi connectivity index (χ1n) is 7.35. The minimum absolute atomic E-state index is 0.611. The number of halogens is 1. The predicted octanol–water partition coefficient (Wildman–Crippen LogP) is 5.29. The van der Waals surface area contributed by atoms with Crippen LogP contribution in [0.15, 0.2) is 65.1 Å². The Balaban J connectivity index is 2.17. The molecular formula is C20H10BrN3. The number of nitrogens with zero attached hydrogens (tertiary/aromatic N) is 3. The van der Waals surface area contributed by atoms with Crippen LogP contribution >= 0.6 is 15.9 Å². The van der Waals surface area contributed by atoms with Crippen LogP contribution in [0.2, 0.25) is 0 Å². The lowest BCUT2D eigenvalue weighted by Gasteiger charge is -2.07. The normalized spacial score (nSPS) is 10.6. The Bertz CT molecular complexity index is 1100. The summed E-state index contributed by atoms with van der Waals surface area (Å²) in [5.74, 6) is 0. The minimum atomic E-state index is 0.611. The van der Waals surface area contributed by atoms with E-state index in [1.54, 1.807) is 0 Å². The zero-order valence-electron chi connectivity index (χ0n) is 12.5. The van der Waals surface area contributed by atoms with E-state index in [0.717, 1.165) is 32.0 Å². The molecule has 0 saturated carbocycles. The molecule has 0 aliphatic rings. The maximum absolute atomic E-state index is 9.21. The summed E-state index contributed by atoms with van der Waals surface area (Å²) >= 11 is 3.46. The SMILES string of the molecule is N#Cc1ccc2c(c1)c1cc(C#N)ccc1n2-c1ccc(Br)cc1. The van der Waals surface area contributed by atoms with E-state index < -0.39 is 0 Å². The molecule has 0 atom stereocenters. The zero-order chi connectivity index (χ0) is 16.7. The van der Waals surface area contributed by atoms with Gasteiger partial charge in [-0.15, -0.1) is 0 Å². The largest absolute Gasteiger partial charge is 0.309 e. The van der Waals surface area contributed by atoms with Crippen molar-refractivity contribution >= 4 is 37.7 Å². The Kier molecular flexibility index (Phi) is 3.34. The first-order valence-corrected chi connectivity index (χ1v) is 8.15. The van der Waals surface area contributed by atoms with Crippen molar-refractivity contribution in [1.29, 1.82) is 10.5 Å². The maximum Gasteiger partial charge on any atom is 0.0991 e. The van der Waals surface area contributed by atoms with Gasteiger partial charge in [0.15, 0.2) is 0 Å². The minimum Gasteiger partial charge on any atom is -0.309 e. The Morgan fingerprint density at radius 3 is 1.67 bits per heavy atom. The highest BCUT2D eigenvalue weighted by molar-refractivity contribution is 9.10. The van der Waals surface area contributed by atoms with E-state index in [0.29, 0.717) is 11.1 Å². The van der Waals surface area contributed by atoms with Gasteiger partial charge in [-0.2, -0.15) is 10.5 Å². The third-order valence-corrected chi connectivity index (χ3v) is 4.64. The van der Waals surface area contributed by atoms with Crippen molar-refractivity contribution in [2.24, 2.45) is 0 Å². The summed E-state index contributed by atoms with van der Waals surface area (Å²) in [4.78, 5) is 0. The smallest absolute Gasteiger partial charge is 0.0991 e. The molecule has 0 aliphatic heterocycles. The summed E-state index contributed by atoms with van der Waals surface area (Å²) in [6.45, 7) is 0. The summed E-state index contributed by atoms with van der Waals surface area (Å²) < 4.78 is 3.17. The fourth-order valence-corrected chi connectivity index (χ4v) is 3.30. The van der Waals surface area contributed by atoms with Crippen molar-refractivity contribution in [3.05, 3.63) is 76.3 Å². The number of rotatable bonds is 1. The van der Waals surface area contributed by atoms with Crippen LogP contribution in [-0.2, 0) is 0 Å². The van der Waals surface area contributed by atoms with Crippen LogP contribution in [0, 0.1) is 22.7 Å². The molecule has 24 heavy (non-hydrogen) atoms. The highest BCUT2D eigenvalue weighted by Gasteiger charge is 2.13. The van der Waals surface area contributed by atoms with Crippen molar-refractivity contribution in [1.82, 2.24) is 4.57 Å². The first-order chi connectivity index (χ1) is 11.7. The van der Waals surface area contributed by atoms with Crippen LogP contribution in [0.25, 0.3) is 27.5 Å². The molecule has 4 rings (SSSR count). The van der Waals surface area contributed by atoms with Crippen molar-refractivity contribution in [3.8, 4) is 17.8 Å². The third-order valence-electron chi connectivity index (χ3n) is 4.11. The van der Waals surface area contributed by atoms with Crippen molar-refractivity contribution in [3.63, 3.8) is 0 Å². The van der Waals surface area contributed by atoms with Gasteiger partial charge in [0.05, 0.1) is 34.3 Å². The Hall–Kier alpha value is -3.08. The fourth-order valence-electron chi connectivity index (χ4n) is 3.03. The second-order valence-corrected chi connectivity index (χ2v) is 6.41. The standard InChI is InChI=1S/C20H10BrN3/c21-15-3-5-16(6-4-15)24-19-7-1-13(11-22)9-17(19)18-10-14(12-23)2-8-20(18)24/h1-10H. The van der Waals surface area contributed by atoms with E-state index in [9.17, 15) is 10.5 Å². The monoisotopic (exact) mass is 371 g/mol. The van der Waals surface area contributed by atoms with Gasteiger partial charge in [0.2, 0.25) is 0 Å². The second-order valence-electron chi connectivity index (χ2n) is 5.50. The van der Waals surface area contributed by atoms with Crippen LogP contribution in [-0.4, -0.2) is 4.57 Å².